The van der Waals surface area contributed by atoms with Crippen LogP contribution in [0.4, 0.5) is 0 Å². The molecule has 2 amide bonds. The van der Waals surface area contributed by atoms with Gasteiger partial charge in [-0.15, -0.1) is 12.4 Å². The highest BCUT2D eigenvalue weighted by Crippen LogP contribution is 2.24. The summed E-state index contributed by atoms with van der Waals surface area (Å²) in [6.07, 6.45) is 2.91. The molecule has 0 aromatic heterocycles. The first-order valence-electron chi connectivity index (χ1n) is 13.3. The monoisotopic (exact) mass is 527 g/mol. The Kier molecular flexibility index (Phi) is 17.5. The molecule has 0 aliphatic heterocycles. The standard InChI is InChI=1S/C28H49N3O4.ClH/c1-7-9-14-30-28(34)23(20(5)6)17-25(32)24(29)16-21(19(3)4)18-31-27(33)22-12-10-11-13-26(22)35-15-8-2;/h10-13,19-21,23-25,32H,7-9,14-18,29H2,1-6H3,(H,30,34)(H,31,33);1H/t21-,23+,24+,25+;/m1./s1. The van der Waals surface area contributed by atoms with Gasteiger partial charge < -0.3 is 26.2 Å². The average Bonchev–Trinajstić information content (AvgIpc) is 2.82. The molecule has 0 saturated carbocycles. The van der Waals surface area contributed by atoms with Gasteiger partial charge in [0, 0.05) is 25.0 Å². The summed E-state index contributed by atoms with van der Waals surface area (Å²) in [5, 5.41) is 16.9. The number of amides is 2. The molecule has 0 heterocycles. The SMILES string of the molecule is CCCCNC(=O)[C@@H](C[C@H](O)[C@@H](N)C[C@H](CNC(=O)c1ccccc1OCCC)C(C)C)C(C)C.Cl. The minimum Gasteiger partial charge on any atom is -0.493 e. The van der Waals surface area contributed by atoms with Crippen molar-refractivity contribution in [3.05, 3.63) is 29.8 Å². The molecule has 1 rings (SSSR count). The van der Waals surface area contributed by atoms with Crippen LogP contribution in [0, 0.1) is 23.7 Å². The van der Waals surface area contributed by atoms with Crippen molar-refractivity contribution in [3.63, 3.8) is 0 Å². The number of unbranched alkanes of at least 4 members (excludes halogenated alkanes) is 1. The Hall–Kier alpha value is -1.83. The second kappa shape index (κ2) is 18.4. The highest BCUT2D eigenvalue weighted by molar-refractivity contribution is 5.96. The zero-order valence-electron chi connectivity index (χ0n) is 23.1. The van der Waals surface area contributed by atoms with Gasteiger partial charge in [0.15, 0.2) is 0 Å². The second-order valence-corrected chi connectivity index (χ2v) is 10.3. The summed E-state index contributed by atoms with van der Waals surface area (Å²) in [4.78, 5) is 25.5. The maximum absolute atomic E-state index is 12.9. The average molecular weight is 528 g/mol. The number of rotatable bonds is 17. The zero-order valence-corrected chi connectivity index (χ0v) is 23.9. The molecular weight excluding hydrogens is 478 g/mol. The maximum Gasteiger partial charge on any atom is 0.255 e. The molecule has 208 valence electrons. The number of aliphatic hydroxyl groups is 1. The van der Waals surface area contributed by atoms with Crippen molar-refractivity contribution in [2.75, 3.05) is 19.7 Å². The van der Waals surface area contributed by atoms with Gasteiger partial charge in [-0.05, 0) is 55.6 Å². The molecule has 1 aromatic rings. The number of hydrogen-bond donors (Lipinski definition) is 4. The number of nitrogens with two attached hydrogens (primary N) is 1. The van der Waals surface area contributed by atoms with Gasteiger partial charge in [0.1, 0.15) is 5.75 Å². The lowest BCUT2D eigenvalue weighted by Crippen LogP contribution is -2.44. The number of carbonyl (C=O) groups is 2. The van der Waals surface area contributed by atoms with Crippen LogP contribution in [0.25, 0.3) is 0 Å². The van der Waals surface area contributed by atoms with Gasteiger partial charge in [-0.2, -0.15) is 0 Å². The van der Waals surface area contributed by atoms with Crippen molar-refractivity contribution in [1.82, 2.24) is 10.6 Å². The topological polar surface area (TPSA) is 114 Å². The van der Waals surface area contributed by atoms with E-state index in [2.05, 4.69) is 31.4 Å². The number of nitrogens with one attached hydrogen (secondary N) is 2. The van der Waals surface area contributed by atoms with Gasteiger partial charge in [-0.1, -0.05) is 60.1 Å². The maximum atomic E-state index is 12.9. The van der Waals surface area contributed by atoms with Crippen molar-refractivity contribution in [3.8, 4) is 5.75 Å². The van der Waals surface area contributed by atoms with Crippen molar-refractivity contribution in [2.45, 2.75) is 85.8 Å². The van der Waals surface area contributed by atoms with E-state index in [0.29, 0.717) is 43.9 Å². The summed E-state index contributed by atoms with van der Waals surface area (Å²) in [7, 11) is 0. The van der Waals surface area contributed by atoms with E-state index in [1.54, 1.807) is 12.1 Å². The van der Waals surface area contributed by atoms with Crippen LogP contribution in [0.1, 0.15) is 84.0 Å². The van der Waals surface area contributed by atoms with Gasteiger partial charge in [0.2, 0.25) is 5.91 Å². The van der Waals surface area contributed by atoms with E-state index < -0.39 is 12.1 Å². The molecule has 7 nitrogen and oxygen atoms in total. The van der Waals surface area contributed by atoms with Gasteiger partial charge in [0.05, 0.1) is 18.3 Å². The van der Waals surface area contributed by atoms with Crippen LogP contribution in [0.5, 0.6) is 5.75 Å². The number of hydrogen-bond acceptors (Lipinski definition) is 5. The van der Waals surface area contributed by atoms with Gasteiger partial charge in [-0.3, -0.25) is 9.59 Å². The van der Waals surface area contributed by atoms with Crippen LogP contribution in [0.3, 0.4) is 0 Å². The molecule has 0 aliphatic rings. The molecule has 0 aliphatic carbocycles. The fraction of sp³-hybridized carbons (Fsp3) is 0.714. The fourth-order valence-electron chi connectivity index (χ4n) is 4.05. The number of ether oxygens (including phenoxy) is 1. The molecule has 5 N–H and O–H groups in total. The van der Waals surface area contributed by atoms with E-state index in [-0.39, 0.29) is 47.9 Å². The Morgan fingerprint density at radius 1 is 1.00 bits per heavy atom. The molecule has 0 saturated heterocycles. The van der Waals surface area contributed by atoms with Crippen molar-refractivity contribution < 1.29 is 19.4 Å². The number of carbonyl (C=O) groups excluding carboxylic acids is 2. The molecule has 1 aromatic carbocycles. The van der Waals surface area contributed by atoms with E-state index in [1.807, 2.05) is 32.9 Å². The van der Waals surface area contributed by atoms with Crippen LogP contribution >= 0.6 is 12.4 Å². The minimum atomic E-state index is -0.792. The predicted molar refractivity (Wildman–Crippen MR) is 150 cm³/mol. The Morgan fingerprint density at radius 2 is 1.67 bits per heavy atom. The van der Waals surface area contributed by atoms with E-state index in [9.17, 15) is 14.7 Å². The molecule has 0 fully saturated rings. The molecule has 36 heavy (non-hydrogen) atoms. The van der Waals surface area contributed by atoms with Crippen molar-refractivity contribution in [2.24, 2.45) is 29.4 Å². The quantitative estimate of drug-likeness (QED) is 0.222. The molecule has 8 heteroatoms. The van der Waals surface area contributed by atoms with Crippen LogP contribution in [-0.2, 0) is 4.79 Å². The lowest BCUT2D eigenvalue weighted by atomic mass is 9.83. The molecule has 0 radical (unpaired) electrons. The number of aliphatic hydroxyl groups excluding tert-OH is 1. The Balaban J connectivity index is 0.0000122. The van der Waals surface area contributed by atoms with Crippen LogP contribution in [0.2, 0.25) is 0 Å². The first-order valence-corrected chi connectivity index (χ1v) is 13.3. The first kappa shape index (κ1) is 34.2. The molecular formula is C28H50ClN3O4. The number of benzene rings is 1. The third-order valence-corrected chi connectivity index (χ3v) is 6.60. The van der Waals surface area contributed by atoms with E-state index in [0.717, 1.165) is 19.3 Å². The van der Waals surface area contributed by atoms with Gasteiger partial charge in [0.25, 0.3) is 5.91 Å². The van der Waals surface area contributed by atoms with Gasteiger partial charge in [-0.25, -0.2) is 0 Å². The minimum absolute atomic E-state index is 0. The Bertz CT molecular complexity index is 760. The summed E-state index contributed by atoms with van der Waals surface area (Å²) in [6.45, 7) is 13.9. The zero-order chi connectivity index (χ0) is 26.4. The summed E-state index contributed by atoms with van der Waals surface area (Å²) in [5.41, 5.74) is 6.92. The highest BCUT2D eigenvalue weighted by Gasteiger charge is 2.29. The summed E-state index contributed by atoms with van der Waals surface area (Å²) in [6, 6.07) is 6.76. The van der Waals surface area contributed by atoms with E-state index in [4.69, 9.17) is 10.5 Å². The summed E-state index contributed by atoms with van der Waals surface area (Å²) >= 11 is 0. The van der Waals surface area contributed by atoms with Crippen LogP contribution < -0.4 is 21.1 Å². The van der Waals surface area contributed by atoms with E-state index in [1.165, 1.54) is 0 Å². The number of halogens is 1. The number of para-hydroxylation sites is 1. The molecule has 0 spiro atoms. The lowest BCUT2D eigenvalue weighted by Gasteiger charge is -2.30. The van der Waals surface area contributed by atoms with Gasteiger partial charge >= 0.3 is 0 Å². The Labute approximate surface area is 224 Å². The molecule has 0 unspecified atom stereocenters. The van der Waals surface area contributed by atoms with E-state index >= 15 is 0 Å². The fourth-order valence-corrected chi connectivity index (χ4v) is 4.05. The summed E-state index contributed by atoms with van der Waals surface area (Å²) < 4.78 is 5.72. The predicted octanol–water partition coefficient (Wildman–Crippen LogP) is 4.56. The first-order chi connectivity index (χ1) is 16.6. The van der Waals surface area contributed by atoms with Crippen LogP contribution in [0.15, 0.2) is 24.3 Å². The summed E-state index contributed by atoms with van der Waals surface area (Å²) in [5.74, 6) is 0.549. The van der Waals surface area contributed by atoms with Crippen molar-refractivity contribution >= 4 is 24.2 Å². The second-order valence-electron chi connectivity index (χ2n) is 10.3. The smallest absolute Gasteiger partial charge is 0.255 e. The molecule has 0 bridgehead atoms. The third-order valence-electron chi connectivity index (χ3n) is 6.60. The van der Waals surface area contributed by atoms with Crippen LogP contribution in [-0.4, -0.2) is 48.8 Å². The Morgan fingerprint density at radius 3 is 2.25 bits per heavy atom. The third kappa shape index (κ3) is 11.9. The van der Waals surface area contributed by atoms with Crippen molar-refractivity contribution in [1.29, 1.82) is 0 Å². The normalized spacial score (nSPS) is 14.5. The largest absolute Gasteiger partial charge is 0.493 e. The molecule has 4 atom stereocenters. The highest BCUT2D eigenvalue weighted by atomic mass is 35.5. The lowest BCUT2D eigenvalue weighted by molar-refractivity contribution is -0.127.